The Kier molecular flexibility index (Phi) is 6.38. The molecule has 0 bridgehead atoms. The molecule has 6 nitrogen and oxygen atoms in total. The molecule has 1 aromatic heterocycles. The summed E-state index contributed by atoms with van der Waals surface area (Å²) in [7, 11) is 2.09. The first-order chi connectivity index (χ1) is 10.8. The number of nitrogens with one attached hydrogen (secondary N) is 1. The van der Waals surface area contributed by atoms with Crippen molar-refractivity contribution in [1.82, 2.24) is 20.4 Å². The zero-order chi connectivity index (χ0) is 15.4. The molecule has 1 aliphatic rings. The van der Waals surface area contributed by atoms with Gasteiger partial charge >= 0.3 is 0 Å². The molecule has 1 unspecified atom stereocenters. The lowest BCUT2D eigenvalue weighted by atomic mass is 10.1. The van der Waals surface area contributed by atoms with Gasteiger partial charge in [-0.3, -0.25) is 4.90 Å². The summed E-state index contributed by atoms with van der Waals surface area (Å²) < 4.78 is 10.8. The molecular formula is C16H23ClN4O2. The van der Waals surface area contributed by atoms with Gasteiger partial charge in [-0.1, -0.05) is 17.3 Å². The quantitative estimate of drug-likeness (QED) is 0.900. The molecule has 3 rings (SSSR count). The van der Waals surface area contributed by atoms with E-state index in [1.165, 1.54) is 0 Å². The van der Waals surface area contributed by atoms with Crippen LogP contribution in [0.25, 0.3) is 0 Å². The Labute approximate surface area is 142 Å². The van der Waals surface area contributed by atoms with Crippen LogP contribution in [0, 0.1) is 0 Å². The number of ether oxygens (including phenoxy) is 1. The molecule has 1 N–H and O–H groups in total. The molecule has 126 valence electrons. The molecule has 7 heteroatoms. The van der Waals surface area contributed by atoms with Gasteiger partial charge in [0.2, 0.25) is 5.89 Å². The number of benzene rings is 1. The van der Waals surface area contributed by atoms with E-state index >= 15 is 0 Å². The number of aromatic nitrogens is 2. The van der Waals surface area contributed by atoms with Crippen molar-refractivity contribution in [1.29, 1.82) is 0 Å². The van der Waals surface area contributed by atoms with Crippen molar-refractivity contribution in [3.63, 3.8) is 0 Å². The Morgan fingerprint density at radius 1 is 1.35 bits per heavy atom. The molecular weight excluding hydrogens is 316 g/mol. The van der Waals surface area contributed by atoms with Crippen molar-refractivity contribution in [2.24, 2.45) is 0 Å². The zero-order valence-corrected chi connectivity index (χ0v) is 14.3. The van der Waals surface area contributed by atoms with Gasteiger partial charge in [-0.15, -0.1) is 12.4 Å². The summed E-state index contributed by atoms with van der Waals surface area (Å²) in [5.74, 6) is 2.29. The van der Waals surface area contributed by atoms with Gasteiger partial charge in [0.15, 0.2) is 5.82 Å². The number of nitrogens with zero attached hydrogens (tertiary/aromatic N) is 3. The largest absolute Gasteiger partial charge is 0.494 e. The van der Waals surface area contributed by atoms with Crippen molar-refractivity contribution >= 4 is 12.4 Å². The minimum atomic E-state index is 0. The van der Waals surface area contributed by atoms with Crippen molar-refractivity contribution < 1.29 is 9.26 Å². The van der Waals surface area contributed by atoms with Crippen LogP contribution in [0.1, 0.15) is 30.2 Å². The van der Waals surface area contributed by atoms with Crippen LogP contribution >= 0.6 is 12.4 Å². The Morgan fingerprint density at radius 3 is 2.83 bits per heavy atom. The normalized spacial score (nSPS) is 18.4. The summed E-state index contributed by atoms with van der Waals surface area (Å²) in [5.41, 5.74) is 1.13. The van der Waals surface area contributed by atoms with Crippen molar-refractivity contribution in [2.45, 2.75) is 19.4 Å². The average Bonchev–Trinajstić information content (AvgIpc) is 2.98. The summed E-state index contributed by atoms with van der Waals surface area (Å²) in [5, 5.41) is 7.50. The zero-order valence-electron chi connectivity index (χ0n) is 13.5. The number of hydrogen-bond acceptors (Lipinski definition) is 6. The van der Waals surface area contributed by atoms with Gasteiger partial charge in [0.05, 0.1) is 19.1 Å². The van der Waals surface area contributed by atoms with Gasteiger partial charge in [0.25, 0.3) is 0 Å². The maximum absolute atomic E-state index is 5.44. The summed E-state index contributed by atoms with van der Waals surface area (Å²) in [6.07, 6.45) is 0.642. The highest BCUT2D eigenvalue weighted by Crippen LogP contribution is 2.19. The fraction of sp³-hybridized carbons (Fsp3) is 0.500. The van der Waals surface area contributed by atoms with Crippen molar-refractivity contribution in [2.75, 3.05) is 33.3 Å². The second kappa shape index (κ2) is 8.29. The highest BCUT2D eigenvalue weighted by atomic mass is 35.5. The molecule has 1 fully saturated rings. The molecule has 1 aromatic carbocycles. The van der Waals surface area contributed by atoms with Crippen LogP contribution in [-0.2, 0) is 6.42 Å². The van der Waals surface area contributed by atoms with Crippen LogP contribution in [0.2, 0.25) is 0 Å². The highest BCUT2D eigenvalue weighted by Gasteiger charge is 2.25. The molecule has 0 spiro atoms. The first-order valence-electron chi connectivity index (χ1n) is 7.71. The van der Waals surface area contributed by atoms with Crippen molar-refractivity contribution in [3.8, 4) is 5.75 Å². The van der Waals surface area contributed by atoms with Gasteiger partial charge in [-0.2, -0.15) is 4.98 Å². The minimum Gasteiger partial charge on any atom is -0.494 e. The molecule has 0 amide bonds. The minimum absolute atomic E-state index is 0. The van der Waals surface area contributed by atoms with E-state index in [-0.39, 0.29) is 18.4 Å². The van der Waals surface area contributed by atoms with E-state index in [9.17, 15) is 0 Å². The number of hydrogen-bond donors (Lipinski definition) is 1. The predicted octanol–water partition coefficient (Wildman–Crippen LogP) is 2.06. The third-order valence-corrected chi connectivity index (χ3v) is 3.88. The van der Waals surface area contributed by atoms with E-state index in [4.69, 9.17) is 9.26 Å². The van der Waals surface area contributed by atoms with Crippen LogP contribution in [0.4, 0.5) is 0 Å². The van der Waals surface area contributed by atoms with E-state index in [1.807, 2.05) is 31.2 Å². The molecule has 2 aromatic rings. The summed E-state index contributed by atoms with van der Waals surface area (Å²) >= 11 is 0. The lowest BCUT2D eigenvalue weighted by Crippen LogP contribution is -2.44. The molecule has 1 saturated heterocycles. The first kappa shape index (κ1) is 17.7. The third kappa shape index (κ3) is 4.43. The molecule has 2 heterocycles. The number of likely N-dealkylation sites (N-methyl/N-ethyl adjacent to an activating group) is 1. The third-order valence-electron chi connectivity index (χ3n) is 3.88. The molecule has 23 heavy (non-hydrogen) atoms. The fourth-order valence-electron chi connectivity index (χ4n) is 2.61. The van der Waals surface area contributed by atoms with Gasteiger partial charge in [0.1, 0.15) is 5.75 Å². The van der Waals surface area contributed by atoms with Crippen LogP contribution in [0.5, 0.6) is 5.75 Å². The fourth-order valence-corrected chi connectivity index (χ4v) is 2.61. The Balaban J connectivity index is 0.00000192. The second-order valence-corrected chi connectivity index (χ2v) is 5.50. The van der Waals surface area contributed by atoms with E-state index in [1.54, 1.807) is 0 Å². The maximum atomic E-state index is 5.44. The van der Waals surface area contributed by atoms with Crippen LogP contribution in [0.15, 0.2) is 28.8 Å². The molecule has 0 saturated carbocycles. The summed E-state index contributed by atoms with van der Waals surface area (Å²) in [6.45, 7) is 5.51. The second-order valence-electron chi connectivity index (χ2n) is 5.50. The Morgan fingerprint density at radius 2 is 2.13 bits per heavy atom. The Hall–Kier alpha value is -1.63. The smallest absolute Gasteiger partial charge is 0.231 e. The highest BCUT2D eigenvalue weighted by molar-refractivity contribution is 5.85. The number of rotatable bonds is 5. The lowest BCUT2D eigenvalue weighted by Gasteiger charge is -2.30. The standard InChI is InChI=1S/C16H22N4O2.ClH/c1-3-21-13-6-4-12(5-7-13)10-15-18-16(19-22-15)14-11-17-8-9-20(14)2;/h4-7,14,17H,3,8-11H2,1-2H3;1H. The van der Waals surface area contributed by atoms with Gasteiger partial charge < -0.3 is 14.6 Å². The topological polar surface area (TPSA) is 63.4 Å². The summed E-state index contributed by atoms with van der Waals surface area (Å²) in [4.78, 5) is 6.80. The van der Waals surface area contributed by atoms with Crippen LogP contribution in [0.3, 0.4) is 0 Å². The van der Waals surface area contributed by atoms with Gasteiger partial charge in [-0.05, 0) is 31.7 Å². The maximum Gasteiger partial charge on any atom is 0.231 e. The first-order valence-corrected chi connectivity index (χ1v) is 7.71. The molecule has 0 aliphatic carbocycles. The van der Waals surface area contributed by atoms with Crippen LogP contribution in [-0.4, -0.2) is 48.3 Å². The lowest BCUT2D eigenvalue weighted by molar-refractivity contribution is 0.190. The summed E-state index contributed by atoms with van der Waals surface area (Å²) in [6, 6.07) is 8.18. The van der Waals surface area contributed by atoms with Crippen molar-refractivity contribution in [3.05, 3.63) is 41.5 Å². The van der Waals surface area contributed by atoms with E-state index in [2.05, 4.69) is 27.4 Å². The average molecular weight is 339 g/mol. The number of piperazine rings is 1. The molecule has 1 atom stereocenters. The monoisotopic (exact) mass is 338 g/mol. The van der Waals surface area contributed by atoms with Gasteiger partial charge in [-0.25, -0.2) is 0 Å². The number of halogens is 1. The van der Waals surface area contributed by atoms with Gasteiger partial charge in [0, 0.05) is 19.6 Å². The SMILES string of the molecule is CCOc1ccc(Cc2nc(C3CNCCN3C)no2)cc1.Cl. The van der Waals surface area contributed by atoms with Crippen LogP contribution < -0.4 is 10.1 Å². The molecule has 0 radical (unpaired) electrons. The van der Waals surface area contributed by atoms with E-state index in [0.29, 0.717) is 18.9 Å². The molecule has 1 aliphatic heterocycles. The van der Waals surface area contributed by atoms with E-state index in [0.717, 1.165) is 36.8 Å². The Bertz CT molecular complexity index is 602. The predicted molar refractivity (Wildman–Crippen MR) is 90.2 cm³/mol. The van der Waals surface area contributed by atoms with E-state index < -0.39 is 0 Å².